The van der Waals surface area contributed by atoms with Crippen LogP contribution in [0.25, 0.3) is 0 Å². The molecule has 1 fully saturated rings. The lowest BCUT2D eigenvalue weighted by molar-refractivity contribution is -0.124. The largest absolute Gasteiger partial charge is 0.495 e. The van der Waals surface area contributed by atoms with Gasteiger partial charge in [0.15, 0.2) is 16.6 Å². The molecule has 0 saturated carbocycles. The van der Waals surface area contributed by atoms with Crippen LogP contribution in [-0.2, 0) is 16.0 Å². The van der Waals surface area contributed by atoms with E-state index in [9.17, 15) is 9.59 Å². The van der Waals surface area contributed by atoms with Crippen molar-refractivity contribution in [3.63, 3.8) is 0 Å². The molecule has 2 amide bonds. The van der Waals surface area contributed by atoms with Gasteiger partial charge in [0.05, 0.1) is 33.4 Å². The number of nitrogens with one attached hydrogen (secondary N) is 1. The van der Waals surface area contributed by atoms with Gasteiger partial charge in [-0.25, -0.2) is 0 Å². The number of para-hydroxylation sites is 2. The molecule has 1 N–H and O–H groups in total. The fraction of sp³-hybridized carbons (Fsp3) is 0.276. The van der Waals surface area contributed by atoms with E-state index < -0.39 is 6.04 Å². The van der Waals surface area contributed by atoms with Crippen molar-refractivity contribution in [3.8, 4) is 17.2 Å². The minimum atomic E-state index is -0.804. The number of carbonyl (C=O) groups is 2. The predicted molar refractivity (Wildman–Crippen MR) is 156 cm³/mol. The second kappa shape index (κ2) is 12.4. The van der Waals surface area contributed by atoms with E-state index >= 15 is 0 Å². The van der Waals surface area contributed by atoms with E-state index in [-0.39, 0.29) is 18.2 Å². The highest BCUT2D eigenvalue weighted by Gasteiger charge is 2.44. The smallest absolute Gasteiger partial charge is 0.256 e. The lowest BCUT2D eigenvalue weighted by atomic mass is 10.1. The molecule has 0 aliphatic carbocycles. The molecular formula is C29H30ClN3O5S. The summed E-state index contributed by atoms with van der Waals surface area (Å²) in [4.78, 5) is 30.2. The average Bonchev–Trinajstić information content (AvgIpc) is 3.17. The zero-order chi connectivity index (χ0) is 28.1. The van der Waals surface area contributed by atoms with Gasteiger partial charge in [-0.15, -0.1) is 0 Å². The Morgan fingerprint density at radius 1 is 0.974 bits per heavy atom. The highest BCUT2D eigenvalue weighted by Crippen LogP contribution is 2.35. The minimum absolute atomic E-state index is 0.0947. The van der Waals surface area contributed by atoms with Crippen LogP contribution < -0.4 is 24.4 Å². The van der Waals surface area contributed by atoms with Crippen molar-refractivity contribution in [2.75, 3.05) is 38.1 Å². The second-order valence-electron chi connectivity index (χ2n) is 8.94. The molecule has 0 aromatic heterocycles. The molecule has 0 bridgehead atoms. The number of ether oxygens (including phenoxy) is 3. The maximum atomic E-state index is 13.8. The van der Waals surface area contributed by atoms with Gasteiger partial charge in [-0.2, -0.15) is 0 Å². The van der Waals surface area contributed by atoms with Gasteiger partial charge in [-0.05, 0) is 73.1 Å². The zero-order valence-electron chi connectivity index (χ0n) is 22.2. The molecule has 1 aliphatic rings. The summed E-state index contributed by atoms with van der Waals surface area (Å²) in [6, 6.07) is 17.3. The molecule has 0 radical (unpaired) electrons. The number of hydrogen-bond acceptors (Lipinski definition) is 6. The Morgan fingerprint density at radius 2 is 1.69 bits per heavy atom. The van der Waals surface area contributed by atoms with Crippen LogP contribution >= 0.6 is 23.8 Å². The Labute approximate surface area is 238 Å². The Bertz CT molecular complexity index is 1400. The highest BCUT2D eigenvalue weighted by atomic mass is 35.5. The normalized spacial score (nSPS) is 14.9. The average molecular weight is 568 g/mol. The molecule has 1 saturated heterocycles. The van der Waals surface area contributed by atoms with Gasteiger partial charge in [0.1, 0.15) is 11.8 Å². The first kappa shape index (κ1) is 28.2. The molecule has 39 heavy (non-hydrogen) atoms. The van der Waals surface area contributed by atoms with Gasteiger partial charge >= 0.3 is 0 Å². The first-order chi connectivity index (χ1) is 18.8. The van der Waals surface area contributed by atoms with Crippen molar-refractivity contribution in [3.05, 3.63) is 76.8 Å². The molecule has 4 rings (SSSR count). The quantitative estimate of drug-likeness (QED) is 0.335. The predicted octanol–water partition coefficient (Wildman–Crippen LogP) is 5.25. The molecule has 0 spiro atoms. The summed E-state index contributed by atoms with van der Waals surface area (Å²) < 4.78 is 16.3. The van der Waals surface area contributed by atoms with Crippen LogP contribution in [0.5, 0.6) is 17.2 Å². The van der Waals surface area contributed by atoms with Gasteiger partial charge in [-0.3, -0.25) is 14.5 Å². The van der Waals surface area contributed by atoms with Crippen LogP contribution in [-0.4, -0.2) is 55.7 Å². The number of amides is 2. The highest BCUT2D eigenvalue weighted by molar-refractivity contribution is 7.80. The second-order valence-corrected chi connectivity index (χ2v) is 9.71. The van der Waals surface area contributed by atoms with Crippen LogP contribution in [0.4, 0.5) is 11.4 Å². The van der Waals surface area contributed by atoms with Gasteiger partial charge < -0.3 is 24.4 Å². The van der Waals surface area contributed by atoms with Gasteiger partial charge in [0.25, 0.3) is 5.91 Å². The lowest BCUT2D eigenvalue weighted by Gasteiger charge is -2.24. The molecule has 3 aromatic rings. The van der Waals surface area contributed by atoms with Gasteiger partial charge in [0, 0.05) is 17.3 Å². The van der Waals surface area contributed by atoms with Crippen LogP contribution in [0.3, 0.4) is 0 Å². The van der Waals surface area contributed by atoms with Crippen molar-refractivity contribution in [2.45, 2.75) is 25.8 Å². The fourth-order valence-electron chi connectivity index (χ4n) is 4.53. The number of anilines is 2. The molecular weight excluding hydrogens is 538 g/mol. The molecule has 204 valence electrons. The van der Waals surface area contributed by atoms with E-state index in [1.54, 1.807) is 49.5 Å². The maximum absolute atomic E-state index is 13.8. The Morgan fingerprint density at radius 3 is 2.41 bits per heavy atom. The van der Waals surface area contributed by atoms with Crippen molar-refractivity contribution in [1.82, 2.24) is 4.90 Å². The number of carbonyl (C=O) groups excluding carboxylic acids is 2. The summed E-state index contributed by atoms with van der Waals surface area (Å²) in [7, 11) is 4.70. The standard InChI is InChI=1S/C29H30ClN3O5S/c1-18-20(30)8-7-9-21(18)31-27(34)17-23-28(35)33(22-10-5-6-11-24(22)36-2)29(39)32(23)15-14-19-12-13-25(37-3)26(16-19)38-4/h5-13,16,23H,14-15,17H2,1-4H3,(H,31,34). The van der Waals surface area contributed by atoms with E-state index in [4.69, 9.17) is 38.0 Å². The lowest BCUT2D eigenvalue weighted by Crippen LogP contribution is -2.39. The minimum Gasteiger partial charge on any atom is -0.495 e. The number of thiocarbonyl (C=S) groups is 1. The van der Waals surface area contributed by atoms with E-state index in [0.29, 0.717) is 51.7 Å². The van der Waals surface area contributed by atoms with E-state index in [2.05, 4.69) is 5.32 Å². The van der Waals surface area contributed by atoms with Gasteiger partial charge in [-0.1, -0.05) is 35.9 Å². The number of nitrogens with zero attached hydrogens (tertiary/aromatic N) is 2. The van der Waals surface area contributed by atoms with Crippen LogP contribution in [0.15, 0.2) is 60.7 Å². The topological polar surface area (TPSA) is 80.3 Å². The fourth-order valence-corrected chi connectivity index (χ4v) is 5.11. The van der Waals surface area contributed by atoms with E-state index in [1.807, 2.05) is 37.3 Å². The third-order valence-electron chi connectivity index (χ3n) is 6.65. The van der Waals surface area contributed by atoms with Crippen molar-refractivity contribution < 1.29 is 23.8 Å². The molecule has 8 nitrogen and oxygen atoms in total. The summed E-state index contributed by atoms with van der Waals surface area (Å²) in [5.74, 6) is 1.13. The SMILES string of the molecule is COc1ccc(CCN2C(=S)N(c3ccccc3OC)C(=O)C2CC(=O)Nc2cccc(Cl)c2C)cc1OC. The number of methoxy groups -OCH3 is 3. The third kappa shape index (κ3) is 5.94. The number of rotatable bonds is 10. The van der Waals surface area contributed by atoms with E-state index in [1.165, 1.54) is 12.0 Å². The molecule has 1 atom stereocenters. The molecule has 1 aliphatic heterocycles. The summed E-state index contributed by atoms with van der Waals surface area (Å²) in [6.07, 6.45) is 0.460. The number of benzene rings is 3. The summed E-state index contributed by atoms with van der Waals surface area (Å²) in [6.45, 7) is 2.23. The first-order valence-corrected chi connectivity index (χ1v) is 13.1. The zero-order valence-corrected chi connectivity index (χ0v) is 23.8. The molecule has 10 heteroatoms. The van der Waals surface area contributed by atoms with Crippen LogP contribution in [0.1, 0.15) is 17.5 Å². The monoisotopic (exact) mass is 567 g/mol. The van der Waals surface area contributed by atoms with E-state index in [0.717, 1.165) is 11.1 Å². The maximum Gasteiger partial charge on any atom is 0.256 e. The van der Waals surface area contributed by atoms with Gasteiger partial charge in [0.2, 0.25) is 5.91 Å². The third-order valence-corrected chi connectivity index (χ3v) is 7.48. The first-order valence-electron chi connectivity index (χ1n) is 12.3. The molecule has 1 unspecified atom stereocenters. The van der Waals surface area contributed by atoms with Crippen LogP contribution in [0, 0.1) is 6.92 Å². The molecule has 3 aromatic carbocycles. The molecule has 1 heterocycles. The number of halogens is 1. The Hall–Kier alpha value is -3.82. The summed E-state index contributed by atoms with van der Waals surface area (Å²) in [5, 5.41) is 3.75. The Kier molecular flexibility index (Phi) is 8.93. The van der Waals surface area contributed by atoms with Crippen molar-refractivity contribution >= 4 is 52.1 Å². The van der Waals surface area contributed by atoms with Crippen LogP contribution in [0.2, 0.25) is 5.02 Å². The summed E-state index contributed by atoms with van der Waals surface area (Å²) >= 11 is 12.0. The van der Waals surface area contributed by atoms with Crippen molar-refractivity contribution in [1.29, 1.82) is 0 Å². The number of hydrogen-bond donors (Lipinski definition) is 1. The Balaban J connectivity index is 1.61. The summed E-state index contributed by atoms with van der Waals surface area (Å²) in [5.41, 5.74) is 2.84. The van der Waals surface area contributed by atoms with Crippen molar-refractivity contribution in [2.24, 2.45) is 0 Å².